The molecule has 0 unspecified atom stereocenters. The summed E-state index contributed by atoms with van der Waals surface area (Å²) < 4.78 is 5.59. The minimum Gasteiger partial charge on any atom is -0.462 e. The molecule has 0 aliphatic carbocycles. The third-order valence-corrected chi connectivity index (χ3v) is 5.38. The number of aliphatic hydroxyl groups excluding tert-OH is 1. The van der Waals surface area contributed by atoms with E-state index in [1.54, 1.807) is 6.07 Å². The average molecular weight is 390 g/mol. The number of amides is 1. The summed E-state index contributed by atoms with van der Waals surface area (Å²) in [6.45, 7) is 3.39. The summed E-state index contributed by atoms with van der Waals surface area (Å²) in [6.07, 6.45) is 1.81. The van der Waals surface area contributed by atoms with Crippen molar-refractivity contribution in [2.45, 2.75) is 39.0 Å². The molecular formula is C24H26N2O3. The van der Waals surface area contributed by atoms with Crippen molar-refractivity contribution in [1.29, 1.82) is 0 Å². The maximum absolute atomic E-state index is 13.0. The van der Waals surface area contributed by atoms with E-state index in [4.69, 9.17) is 9.52 Å². The van der Waals surface area contributed by atoms with E-state index in [1.165, 1.54) is 5.56 Å². The van der Waals surface area contributed by atoms with Gasteiger partial charge in [-0.05, 0) is 61.7 Å². The fraction of sp³-hybridized carbons (Fsp3) is 0.292. The van der Waals surface area contributed by atoms with Gasteiger partial charge in [0.25, 0.3) is 0 Å². The Hall–Kier alpha value is -2.89. The van der Waals surface area contributed by atoms with E-state index < -0.39 is 0 Å². The molecule has 1 fully saturated rings. The molecule has 2 N–H and O–H groups in total. The number of rotatable bonds is 6. The highest BCUT2D eigenvalue weighted by atomic mass is 16.4. The number of likely N-dealkylation sites (tertiary alicyclic amines) is 1. The molecule has 2 heterocycles. The number of anilines is 1. The van der Waals surface area contributed by atoms with Crippen molar-refractivity contribution in [3.63, 3.8) is 0 Å². The molecule has 0 radical (unpaired) electrons. The van der Waals surface area contributed by atoms with Gasteiger partial charge in [0.15, 0.2) is 0 Å². The van der Waals surface area contributed by atoms with Gasteiger partial charge in [0.1, 0.15) is 18.1 Å². The molecule has 5 nitrogen and oxygen atoms in total. The minimum absolute atomic E-state index is 0.0119. The Bertz CT molecular complexity index is 995. The number of furan rings is 1. The topological polar surface area (TPSA) is 65.7 Å². The summed E-state index contributed by atoms with van der Waals surface area (Å²) in [4.78, 5) is 15.1. The third-order valence-electron chi connectivity index (χ3n) is 5.38. The summed E-state index contributed by atoms with van der Waals surface area (Å²) in [7, 11) is 0. The van der Waals surface area contributed by atoms with Crippen LogP contribution in [0, 0.1) is 6.92 Å². The van der Waals surface area contributed by atoms with Crippen molar-refractivity contribution >= 4 is 11.6 Å². The Labute approximate surface area is 171 Å². The summed E-state index contributed by atoms with van der Waals surface area (Å²) >= 11 is 0. The normalized spacial score (nSPS) is 16.8. The summed E-state index contributed by atoms with van der Waals surface area (Å²) in [5.41, 5.74) is 4.24. The second kappa shape index (κ2) is 8.64. The molecule has 1 atom stereocenters. The van der Waals surface area contributed by atoms with Crippen LogP contribution in [0.3, 0.4) is 0 Å². The minimum atomic E-state index is -0.180. The molecule has 1 aromatic heterocycles. The monoisotopic (exact) mass is 390 g/mol. The highest BCUT2D eigenvalue weighted by molar-refractivity contribution is 5.95. The van der Waals surface area contributed by atoms with E-state index in [9.17, 15) is 4.79 Å². The van der Waals surface area contributed by atoms with Gasteiger partial charge in [-0.25, -0.2) is 0 Å². The predicted octanol–water partition coefficient (Wildman–Crippen LogP) is 4.35. The Kier molecular flexibility index (Phi) is 5.79. The number of carbonyl (C=O) groups is 1. The van der Waals surface area contributed by atoms with Crippen LogP contribution in [0.15, 0.2) is 65.1 Å². The van der Waals surface area contributed by atoms with Crippen molar-refractivity contribution in [2.24, 2.45) is 0 Å². The number of benzene rings is 2. The fourth-order valence-electron chi connectivity index (χ4n) is 3.93. The number of aliphatic hydroxyl groups is 1. The summed E-state index contributed by atoms with van der Waals surface area (Å²) in [6, 6.07) is 19.8. The Morgan fingerprint density at radius 2 is 1.86 bits per heavy atom. The largest absolute Gasteiger partial charge is 0.462 e. The lowest BCUT2D eigenvalue weighted by Crippen LogP contribution is -2.39. The van der Waals surface area contributed by atoms with Crippen molar-refractivity contribution < 1.29 is 14.3 Å². The van der Waals surface area contributed by atoms with Crippen molar-refractivity contribution in [1.82, 2.24) is 4.90 Å². The molecule has 4 rings (SSSR count). The van der Waals surface area contributed by atoms with Gasteiger partial charge in [-0.2, -0.15) is 0 Å². The Morgan fingerprint density at radius 1 is 1.10 bits per heavy atom. The second-order valence-corrected chi connectivity index (χ2v) is 7.59. The number of nitrogens with zero attached hydrogens (tertiary/aromatic N) is 1. The molecule has 150 valence electrons. The molecule has 3 aromatic rings. The molecule has 0 bridgehead atoms. The number of nitrogens with one attached hydrogen (secondary N) is 1. The van der Waals surface area contributed by atoms with Gasteiger partial charge < -0.3 is 14.8 Å². The van der Waals surface area contributed by atoms with Crippen LogP contribution >= 0.6 is 0 Å². The van der Waals surface area contributed by atoms with Crippen LogP contribution in [-0.4, -0.2) is 28.5 Å². The SMILES string of the molecule is Cc1cccc(-c2cccc(NC(=O)[C@H]3CCCN3Cc3ccc(CO)o3)c2)c1. The first-order valence-electron chi connectivity index (χ1n) is 10.0. The molecule has 0 saturated carbocycles. The van der Waals surface area contributed by atoms with Crippen LogP contribution < -0.4 is 5.32 Å². The maximum atomic E-state index is 13.0. The van der Waals surface area contributed by atoms with E-state index in [2.05, 4.69) is 41.4 Å². The van der Waals surface area contributed by atoms with Gasteiger partial charge in [-0.3, -0.25) is 9.69 Å². The van der Waals surface area contributed by atoms with Crippen LogP contribution in [-0.2, 0) is 17.9 Å². The molecule has 2 aromatic carbocycles. The first-order chi connectivity index (χ1) is 14.1. The highest BCUT2D eigenvalue weighted by Gasteiger charge is 2.31. The molecule has 1 amide bonds. The van der Waals surface area contributed by atoms with Gasteiger partial charge in [0, 0.05) is 5.69 Å². The van der Waals surface area contributed by atoms with E-state index in [0.717, 1.165) is 42.0 Å². The number of hydrogen-bond acceptors (Lipinski definition) is 4. The lowest BCUT2D eigenvalue weighted by atomic mass is 10.0. The number of hydrogen-bond donors (Lipinski definition) is 2. The van der Waals surface area contributed by atoms with E-state index in [-0.39, 0.29) is 18.6 Å². The molecule has 5 heteroatoms. The summed E-state index contributed by atoms with van der Waals surface area (Å²) in [5, 5.41) is 12.3. The third kappa shape index (κ3) is 4.58. The predicted molar refractivity (Wildman–Crippen MR) is 113 cm³/mol. The summed E-state index contributed by atoms with van der Waals surface area (Å²) in [5.74, 6) is 1.33. The maximum Gasteiger partial charge on any atom is 0.241 e. The van der Waals surface area contributed by atoms with E-state index in [0.29, 0.717) is 12.3 Å². The van der Waals surface area contributed by atoms with E-state index in [1.807, 2.05) is 30.3 Å². The molecule has 29 heavy (non-hydrogen) atoms. The first-order valence-corrected chi connectivity index (χ1v) is 10.0. The van der Waals surface area contributed by atoms with Crippen molar-refractivity contribution in [3.05, 3.63) is 77.7 Å². The zero-order chi connectivity index (χ0) is 20.2. The van der Waals surface area contributed by atoms with Gasteiger partial charge in [-0.15, -0.1) is 0 Å². The van der Waals surface area contributed by atoms with Crippen LogP contribution in [0.2, 0.25) is 0 Å². The standard InChI is InChI=1S/C24H26N2O3/c1-17-5-2-6-18(13-17)19-7-3-8-20(14-19)25-24(28)23-9-4-12-26(23)15-21-10-11-22(16-27)29-21/h2-3,5-8,10-11,13-14,23,27H,4,9,12,15-16H2,1H3,(H,25,28)/t23-/m1/s1. The van der Waals surface area contributed by atoms with Crippen LogP contribution in [0.1, 0.15) is 29.9 Å². The number of carbonyl (C=O) groups excluding carboxylic acids is 1. The zero-order valence-corrected chi connectivity index (χ0v) is 16.6. The molecule has 1 aliphatic rings. The van der Waals surface area contributed by atoms with Gasteiger partial charge >= 0.3 is 0 Å². The lowest BCUT2D eigenvalue weighted by Gasteiger charge is -2.22. The Morgan fingerprint density at radius 3 is 2.62 bits per heavy atom. The Balaban J connectivity index is 1.45. The number of aryl methyl sites for hydroxylation is 1. The lowest BCUT2D eigenvalue weighted by molar-refractivity contribution is -0.120. The molecule has 0 spiro atoms. The first kappa shape index (κ1) is 19.4. The quantitative estimate of drug-likeness (QED) is 0.657. The smallest absolute Gasteiger partial charge is 0.241 e. The van der Waals surface area contributed by atoms with Crippen LogP contribution in [0.5, 0.6) is 0 Å². The molecular weight excluding hydrogens is 364 g/mol. The second-order valence-electron chi connectivity index (χ2n) is 7.59. The van der Waals surface area contributed by atoms with Gasteiger partial charge in [0.05, 0.1) is 12.6 Å². The van der Waals surface area contributed by atoms with E-state index >= 15 is 0 Å². The van der Waals surface area contributed by atoms with Gasteiger partial charge in [-0.1, -0.05) is 42.0 Å². The van der Waals surface area contributed by atoms with Crippen LogP contribution in [0.25, 0.3) is 11.1 Å². The fourth-order valence-corrected chi connectivity index (χ4v) is 3.93. The average Bonchev–Trinajstić information content (AvgIpc) is 3.38. The van der Waals surface area contributed by atoms with Gasteiger partial charge in [0.2, 0.25) is 5.91 Å². The highest BCUT2D eigenvalue weighted by Crippen LogP contribution is 2.26. The van der Waals surface area contributed by atoms with Crippen molar-refractivity contribution in [3.8, 4) is 11.1 Å². The molecule has 1 saturated heterocycles. The van der Waals surface area contributed by atoms with Crippen LogP contribution in [0.4, 0.5) is 5.69 Å². The zero-order valence-electron chi connectivity index (χ0n) is 16.6. The van der Waals surface area contributed by atoms with Crippen molar-refractivity contribution in [2.75, 3.05) is 11.9 Å². The molecule has 1 aliphatic heterocycles.